The summed E-state index contributed by atoms with van der Waals surface area (Å²) >= 11 is 1.92. The standard InChI is InChI=1S/C41H31F2N3O6S2/c42-26-14-16-33(34(43)18-26)37(47)31-12-6-7-13-32(31)40(50)46-22-28(52-23-25-10-4-5-11-30(25)24-8-2-1-3-9-24)19-27(46)21-44-38(48)35-17-15-29(53-35)20-36-39(49)45-41(51)54-36/h1-18,20,27-28H,19,21-23H2,(H,44,48)(H,45,49,51)/b36-20-/t27-,28+/m0/s1. The first kappa shape index (κ1) is 36.6. The molecule has 13 heteroatoms. The Balaban J connectivity index is 1.11. The van der Waals surface area contributed by atoms with Crippen LogP contribution in [0.4, 0.5) is 13.6 Å². The predicted octanol–water partition coefficient (Wildman–Crippen LogP) is 7.48. The van der Waals surface area contributed by atoms with Crippen molar-refractivity contribution in [1.29, 1.82) is 0 Å². The van der Waals surface area contributed by atoms with E-state index in [1.807, 2.05) is 54.6 Å². The highest BCUT2D eigenvalue weighted by Crippen LogP contribution is 2.30. The molecule has 2 aliphatic heterocycles. The number of nitrogens with zero attached hydrogens (tertiary/aromatic N) is 1. The summed E-state index contributed by atoms with van der Waals surface area (Å²) in [6, 6.07) is 29.2. The van der Waals surface area contributed by atoms with Crippen molar-refractivity contribution < 1.29 is 37.5 Å². The van der Waals surface area contributed by atoms with E-state index < -0.39 is 52.5 Å². The normalized spacial score (nSPS) is 17.5. The number of halogens is 2. The van der Waals surface area contributed by atoms with Crippen LogP contribution in [0.15, 0.2) is 114 Å². The molecule has 7 rings (SSSR count). The van der Waals surface area contributed by atoms with E-state index in [1.165, 1.54) is 18.2 Å². The number of nitrogens with one attached hydrogen (secondary N) is 2. The number of ether oxygens (including phenoxy) is 1. The molecule has 0 radical (unpaired) electrons. The van der Waals surface area contributed by atoms with E-state index >= 15 is 0 Å². The van der Waals surface area contributed by atoms with Gasteiger partial charge in [-0.3, -0.25) is 29.3 Å². The zero-order valence-electron chi connectivity index (χ0n) is 28.4. The Hall–Kier alpha value is -5.76. The molecular formula is C41H31F2N3O6S2. The quantitative estimate of drug-likeness (QED) is 0.106. The van der Waals surface area contributed by atoms with Gasteiger partial charge in [0.05, 0.1) is 39.7 Å². The highest BCUT2D eigenvalue weighted by Gasteiger charge is 2.38. The number of thioether (sulfide) groups is 1. The number of likely N-dealkylation sites (tertiary alicyclic amines) is 1. The number of benzene rings is 4. The van der Waals surface area contributed by atoms with Gasteiger partial charge in [-0.25, -0.2) is 8.78 Å². The number of ketones is 1. The molecule has 0 bridgehead atoms. The van der Waals surface area contributed by atoms with Gasteiger partial charge < -0.3 is 15.0 Å². The highest BCUT2D eigenvalue weighted by atomic mass is 32.2. The minimum atomic E-state index is -1.04. The van der Waals surface area contributed by atoms with Crippen molar-refractivity contribution in [3.05, 3.63) is 158 Å². The number of imide groups is 1. The van der Waals surface area contributed by atoms with Gasteiger partial charge in [-0.05, 0) is 71.3 Å². The summed E-state index contributed by atoms with van der Waals surface area (Å²) in [6.07, 6.45) is 1.47. The Morgan fingerprint density at radius 2 is 1.61 bits per heavy atom. The van der Waals surface area contributed by atoms with Crippen molar-refractivity contribution >= 4 is 57.9 Å². The van der Waals surface area contributed by atoms with E-state index in [0.717, 1.165) is 51.9 Å². The number of hydrogen-bond donors (Lipinski definition) is 2. The summed E-state index contributed by atoms with van der Waals surface area (Å²) in [6.45, 7) is 0.454. The molecule has 54 heavy (non-hydrogen) atoms. The molecule has 2 N–H and O–H groups in total. The summed E-state index contributed by atoms with van der Waals surface area (Å²) in [5.74, 6) is -4.06. The average molecular weight is 764 g/mol. The second kappa shape index (κ2) is 16.1. The number of thiophene rings is 1. The van der Waals surface area contributed by atoms with E-state index in [0.29, 0.717) is 22.2 Å². The van der Waals surface area contributed by atoms with Gasteiger partial charge in [0.15, 0.2) is 5.78 Å². The van der Waals surface area contributed by atoms with Gasteiger partial charge in [-0.1, -0.05) is 72.8 Å². The van der Waals surface area contributed by atoms with Crippen LogP contribution in [-0.2, 0) is 16.1 Å². The minimum Gasteiger partial charge on any atom is -0.372 e. The maximum Gasteiger partial charge on any atom is 0.290 e. The minimum absolute atomic E-state index is 0.0286. The topological polar surface area (TPSA) is 122 Å². The van der Waals surface area contributed by atoms with Crippen molar-refractivity contribution in [3.63, 3.8) is 0 Å². The third kappa shape index (κ3) is 8.08. The fourth-order valence-electron chi connectivity index (χ4n) is 6.43. The number of carbonyl (C=O) groups is 5. The maximum atomic E-state index is 14.7. The van der Waals surface area contributed by atoms with Crippen LogP contribution in [0, 0.1) is 11.6 Å². The molecule has 2 saturated heterocycles. The second-order valence-electron chi connectivity index (χ2n) is 12.6. The van der Waals surface area contributed by atoms with Crippen LogP contribution in [0.5, 0.6) is 0 Å². The van der Waals surface area contributed by atoms with E-state index in [1.54, 1.807) is 29.2 Å². The number of carbonyl (C=O) groups excluding carboxylic acids is 5. The van der Waals surface area contributed by atoms with Gasteiger partial charge in [0.25, 0.3) is 23.0 Å². The van der Waals surface area contributed by atoms with E-state index in [9.17, 15) is 32.8 Å². The zero-order chi connectivity index (χ0) is 37.8. The molecule has 0 spiro atoms. The lowest BCUT2D eigenvalue weighted by molar-refractivity contribution is -0.115. The Kier molecular flexibility index (Phi) is 10.9. The van der Waals surface area contributed by atoms with Crippen LogP contribution in [-0.4, -0.2) is 58.9 Å². The van der Waals surface area contributed by atoms with Crippen LogP contribution < -0.4 is 10.6 Å². The third-order valence-electron chi connectivity index (χ3n) is 9.06. The van der Waals surface area contributed by atoms with Crippen LogP contribution in [0.1, 0.15) is 52.8 Å². The lowest BCUT2D eigenvalue weighted by Crippen LogP contribution is -2.43. The SMILES string of the molecule is O=C1NC(=O)/C(=C/c2ccc(C(=O)NC[C@@H]3C[C@@H](OCc4ccccc4-c4ccccc4)CN3C(=O)c3ccccc3C(=O)c3ccc(F)cc3F)s2)S1. The lowest BCUT2D eigenvalue weighted by Gasteiger charge is -2.25. The van der Waals surface area contributed by atoms with Gasteiger partial charge in [0.1, 0.15) is 11.6 Å². The largest absolute Gasteiger partial charge is 0.372 e. The molecular weight excluding hydrogens is 733 g/mol. The Labute approximate surface area is 317 Å². The molecule has 2 aliphatic rings. The van der Waals surface area contributed by atoms with Crippen molar-refractivity contribution in [1.82, 2.24) is 15.5 Å². The molecule has 0 saturated carbocycles. The van der Waals surface area contributed by atoms with Gasteiger partial charge in [-0.2, -0.15) is 0 Å². The zero-order valence-corrected chi connectivity index (χ0v) is 30.1. The summed E-state index contributed by atoms with van der Waals surface area (Å²) in [4.78, 5) is 67.5. The summed E-state index contributed by atoms with van der Waals surface area (Å²) < 4.78 is 34.8. The summed E-state index contributed by atoms with van der Waals surface area (Å²) in [5.41, 5.74) is 2.61. The molecule has 4 aromatic carbocycles. The molecule has 2 fully saturated rings. The smallest absolute Gasteiger partial charge is 0.290 e. The first-order valence-corrected chi connectivity index (χ1v) is 18.6. The lowest BCUT2D eigenvalue weighted by atomic mass is 9.97. The maximum absolute atomic E-state index is 14.7. The van der Waals surface area contributed by atoms with Crippen LogP contribution in [0.3, 0.4) is 0 Å². The summed E-state index contributed by atoms with van der Waals surface area (Å²) in [7, 11) is 0. The van der Waals surface area contributed by atoms with Crippen LogP contribution in [0.25, 0.3) is 17.2 Å². The molecule has 2 atom stereocenters. The van der Waals surface area contributed by atoms with Crippen molar-refractivity contribution in [2.75, 3.05) is 13.1 Å². The molecule has 0 aliphatic carbocycles. The van der Waals surface area contributed by atoms with Crippen LogP contribution in [0.2, 0.25) is 0 Å². The van der Waals surface area contributed by atoms with Gasteiger partial charge in [0.2, 0.25) is 0 Å². The number of amides is 4. The number of rotatable bonds is 11. The molecule has 272 valence electrons. The van der Waals surface area contributed by atoms with Gasteiger partial charge >= 0.3 is 0 Å². The van der Waals surface area contributed by atoms with Gasteiger partial charge in [0, 0.05) is 29.6 Å². The second-order valence-corrected chi connectivity index (χ2v) is 14.7. The van der Waals surface area contributed by atoms with E-state index in [4.69, 9.17) is 4.74 Å². The van der Waals surface area contributed by atoms with Crippen molar-refractivity contribution in [3.8, 4) is 11.1 Å². The Morgan fingerprint density at radius 3 is 2.37 bits per heavy atom. The fraction of sp³-hybridized carbons (Fsp3) is 0.146. The van der Waals surface area contributed by atoms with E-state index in [-0.39, 0.29) is 41.3 Å². The predicted molar refractivity (Wildman–Crippen MR) is 202 cm³/mol. The number of hydrogen-bond acceptors (Lipinski definition) is 8. The third-order valence-corrected chi connectivity index (χ3v) is 10.9. The van der Waals surface area contributed by atoms with E-state index in [2.05, 4.69) is 10.6 Å². The molecule has 4 amide bonds. The van der Waals surface area contributed by atoms with Crippen molar-refractivity contribution in [2.24, 2.45) is 0 Å². The fourth-order valence-corrected chi connectivity index (χ4v) is 8.05. The molecule has 3 heterocycles. The van der Waals surface area contributed by atoms with Crippen LogP contribution >= 0.6 is 23.1 Å². The first-order chi connectivity index (χ1) is 26.1. The molecule has 1 aromatic heterocycles. The molecule has 0 unspecified atom stereocenters. The monoisotopic (exact) mass is 763 g/mol. The molecule has 9 nitrogen and oxygen atoms in total. The molecule has 5 aromatic rings. The first-order valence-electron chi connectivity index (χ1n) is 16.9. The van der Waals surface area contributed by atoms with Gasteiger partial charge in [-0.15, -0.1) is 11.3 Å². The highest BCUT2D eigenvalue weighted by molar-refractivity contribution is 8.18. The average Bonchev–Trinajstić information content (AvgIpc) is 3.91. The van der Waals surface area contributed by atoms with Crippen molar-refractivity contribution in [2.45, 2.75) is 25.2 Å². The summed E-state index contributed by atoms with van der Waals surface area (Å²) in [5, 5.41) is 4.65. The Morgan fingerprint density at radius 1 is 0.870 bits per heavy atom. The Bertz CT molecular complexity index is 2310.